The Bertz CT molecular complexity index is 935. The highest BCUT2D eigenvalue weighted by atomic mass is 16.7. The van der Waals surface area contributed by atoms with Crippen molar-refractivity contribution in [2.24, 2.45) is 5.11 Å². The lowest BCUT2D eigenvalue weighted by Crippen LogP contribution is -2.59. The molecular formula is C23H27N3O7. The van der Waals surface area contributed by atoms with Crippen LogP contribution >= 0.6 is 0 Å². The third-order valence-corrected chi connectivity index (χ3v) is 5.16. The van der Waals surface area contributed by atoms with Crippen LogP contribution in [0.3, 0.4) is 0 Å². The highest BCUT2D eigenvalue weighted by molar-refractivity contribution is 5.65. The minimum absolute atomic E-state index is 0.159. The number of ether oxygens (including phenoxy) is 5. The normalized spacial score (nSPS) is 24.5. The molecule has 10 heteroatoms. The van der Waals surface area contributed by atoms with Crippen molar-refractivity contribution in [3.05, 3.63) is 76.2 Å². The summed E-state index contributed by atoms with van der Waals surface area (Å²) in [6.45, 7) is 1.49. The number of carbonyl (C=O) groups is 1. The van der Waals surface area contributed by atoms with Crippen molar-refractivity contribution in [2.45, 2.75) is 50.8 Å². The Kier molecular flexibility index (Phi) is 9.05. The Morgan fingerprint density at radius 1 is 1.06 bits per heavy atom. The lowest BCUT2D eigenvalue weighted by atomic mass is 9.96. The molecule has 1 aliphatic rings. The summed E-state index contributed by atoms with van der Waals surface area (Å²) >= 11 is 0. The molecule has 0 radical (unpaired) electrons. The van der Waals surface area contributed by atoms with Gasteiger partial charge in [-0.05, 0) is 28.8 Å². The maximum Gasteiger partial charge on any atom is 0.302 e. The van der Waals surface area contributed by atoms with Crippen molar-refractivity contribution in [2.75, 3.05) is 13.7 Å². The number of benzene rings is 2. The fourth-order valence-electron chi connectivity index (χ4n) is 3.50. The number of rotatable bonds is 10. The van der Waals surface area contributed by atoms with Gasteiger partial charge >= 0.3 is 5.97 Å². The maximum atomic E-state index is 11.4. The third kappa shape index (κ3) is 6.92. The van der Waals surface area contributed by atoms with E-state index in [1.165, 1.54) is 6.92 Å². The van der Waals surface area contributed by atoms with E-state index in [1.54, 1.807) is 7.11 Å². The van der Waals surface area contributed by atoms with Gasteiger partial charge < -0.3 is 28.8 Å². The first-order valence-corrected chi connectivity index (χ1v) is 10.4. The second-order valence-electron chi connectivity index (χ2n) is 7.45. The number of hydrogen-bond acceptors (Lipinski definition) is 8. The minimum atomic E-state index is -1.46. The fourth-order valence-corrected chi connectivity index (χ4v) is 3.50. The van der Waals surface area contributed by atoms with Crippen LogP contribution in [-0.2, 0) is 37.0 Å². The first kappa shape index (κ1) is 24.5. The van der Waals surface area contributed by atoms with Crippen molar-refractivity contribution in [3.63, 3.8) is 0 Å². The molecule has 0 unspecified atom stereocenters. The van der Waals surface area contributed by atoms with Crippen LogP contribution in [0.1, 0.15) is 18.1 Å². The number of aliphatic hydroxyl groups excluding tert-OH is 1. The van der Waals surface area contributed by atoms with Gasteiger partial charge in [0.15, 0.2) is 6.29 Å². The molecule has 0 saturated carbocycles. The Balaban J connectivity index is 1.83. The zero-order valence-corrected chi connectivity index (χ0v) is 18.4. The Labute approximate surface area is 191 Å². The highest BCUT2D eigenvalue weighted by Crippen LogP contribution is 2.29. The molecule has 0 bridgehead atoms. The Hall–Kier alpha value is -3.14. The zero-order chi connectivity index (χ0) is 23.6. The highest BCUT2D eigenvalue weighted by Gasteiger charge is 2.47. The molecule has 1 N–H and O–H groups in total. The molecule has 0 spiro atoms. The summed E-state index contributed by atoms with van der Waals surface area (Å²) in [6, 6.07) is 15.7. The third-order valence-electron chi connectivity index (χ3n) is 5.16. The molecule has 1 heterocycles. The monoisotopic (exact) mass is 457 g/mol. The second kappa shape index (κ2) is 12.2. The van der Waals surface area contributed by atoms with Crippen molar-refractivity contribution in [1.29, 1.82) is 0 Å². The van der Waals surface area contributed by atoms with Gasteiger partial charge in [0.25, 0.3) is 0 Å². The molecule has 10 nitrogen and oxygen atoms in total. The average Bonchev–Trinajstić information content (AvgIpc) is 2.83. The molecule has 0 amide bonds. The van der Waals surface area contributed by atoms with Gasteiger partial charge in [0.1, 0.15) is 36.7 Å². The summed E-state index contributed by atoms with van der Waals surface area (Å²) in [5.41, 5.74) is 10.8. The molecule has 176 valence electrons. The number of esters is 1. The van der Waals surface area contributed by atoms with Gasteiger partial charge in [0, 0.05) is 11.8 Å². The van der Waals surface area contributed by atoms with Gasteiger partial charge in [-0.3, -0.25) is 4.79 Å². The number of carbonyl (C=O) groups excluding carboxylic acids is 1. The Morgan fingerprint density at radius 2 is 1.70 bits per heavy atom. The molecule has 3 rings (SSSR count). The van der Waals surface area contributed by atoms with Gasteiger partial charge in [-0.15, -0.1) is 0 Å². The van der Waals surface area contributed by atoms with Gasteiger partial charge in [-0.1, -0.05) is 47.6 Å². The largest absolute Gasteiger partial charge is 0.497 e. The van der Waals surface area contributed by atoms with E-state index in [0.717, 1.165) is 11.1 Å². The standard InChI is InChI=1S/C23H27N3O7/c1-15(27)30-14-19-21(31-13-17-8-10-18(29-2)11-9-17)22(20(25-26-24)23(28)33-19)32-12-16-6-4-3-5-7-16/h3-11,19-23,28H,12-14H2,1-2H3/t19-,20-,21-,22-,23+/m1/s1. The van der Waals surface area contributed by atoms with Crippen LogP contribution in [0.4, 0.5) is 0 Å². The van der Waals surface area contributed by atoms with Crippen molar-refractivity contribution in [3.8, 4) is 5.75 Å². The minimum Gasteiger partial charge on any atom is -0.497 e. The quantitative estimate of drug-likeness (QED) is 0.251. The SMILES string of the molecule is COc1ccc(CO[C@H]2[C@H](OCc3ccccc3)[C@@H](N=[N+]=[N-])[C@@H](O)O[C@@H]2COC(C)=O)cc1. The number of nitrogens with zero attached hydrogens (tertiary/aromatic N) is 3. The van der Waals surface area contributed by atoms with E-state index < -0.39 is 36.6 Å². The van der Waals surface area contributed by atoms with Gasteiger partial charge in [-0.2, -0.15) is 0 Å². The van der Waals surface area contributed by atoms with Crippen LogP contribution in [0.5, 0.6) is 5.75 Å². The van der Waals surface area contributed by atoms with E-state index in [9.17, 15) is 9.90 Å². The van der Waals surface area contributed by atoms with E-state index in [-0.39, 0.29) is 19.8 Å². The summed E-state index contributed by atoms with van der Waals surface area (Å²) in [5.74, 6) is 0.212. The molecule has 2 aromatic carbocycles. The van der Waals surface area contributed by atoms with E-state index in [2.05, 4.69) is 10.0 Å². The number of hydrogen-bond donors (Lipinski definition) is 1. The predicted octanol–water partition coefficient (Wildman–Crippen LogP) is 3.13. The van der Waals surface area contributed by atoms with E-state index in [1.807, 2.05) is 54.6 Å². The van der Waals surface area contributed by atoms with Crippen molar-refractivity contribution in [1.82, 2.24) is 0 Å². The van der Waals surface area contributed by atoms with Crippen LogP contribution in [-0.4, -0.2) is 55.4 Å². The van der Waals surface area contributed by atoms with Crippen LogP contribution in [0.25, 0.3) is 10.4 Å². The van der Waals surface area contributed by atoms with Gasteiger partial charge in [0.05, 0.1) is 20.3 Å². The average molecular weight is 457 g/mol. The van der Waals surface area contributed by atoms with Gasteiger partial charge in [0.2, 0.25) is 0 Å². The Morgan fingerprint density at radius 3 is 2.30 bits per heavy atom. The molecule has 1 fully saturated rings. The maximum absolute atomic E-state index is 11.4. The lowest BCUT2D eigenvalue weighted by Gasteiger charge is -2.43. The molecule has 33 heavy (non-hydrogen) atoms. The lowest BCUT2D eigenvalue weighted by molar-refractivity contribution is -0.271. The molecule has 1 saturated heterocycles. The summed E-state index contributed by atoms with van der Waals surface area (Å²) in [7, 11) is 1.58. The van der Waals surface area contributed by atoms with E-state index >= 15 is 0 Å². The molecule has 0 aliphatic carbocycles. The van der Waals surface area contributed by atoms with Crippen molar-refractivity contribution < 1.29 is 33.6 Å². The first-order chi connectivity index (χ1) is 16.0. The smallest absolute Gasteiger partial charge is 0.302 e. The molecule has 2 aromatic rings. The number of azide groups is 1. The molecule has 1 aliphatic heterocycles. The zero-order valence-electron chi connectivity index (χ0n) is 18.4. The summed E-state index contributed by atoms with van der Waals surface area (Å²) in [5, 5.41) is 14.2. The topological polar surface area (TPSA) is 132 Å². The van der Waals surface area contributed by atoms with E-state index in [0.29, 0.717) is 5.75 Å². The van der Waals surface area contributed by atoms with Crippen LogP contribution in [0.15, 0.2) is 59.7 Å². The summed E-state index contributed by atoms with van der Waals surface area (Å²) in [6.07, 6.45) is -3.95. The number of methoxy groups -OCH3 is 1. The van der Waals surface area contributed by atoms with E-state index in [4.69, 9.17) is 29.2 Å². The van der Waals surface area contributed by atoms with Gasteiger partial charge in [-0.25, -0.2) is 0 Å². The molecule has 5 atom stereocenters. The molecule has 0 aromatic heterocycles. The van der Waals surface area contributed by atoms with Crippen molar-refractivity contribution >= 4 is 5.97 Å². The molecular weight excluding hydrogens is 430 g/mol. The first-order valence-electron chi connectivity index (χ1n) is 10.4. The number of aliphatic hydroxyl groups is 1. The van der Waals surface area contributed by atoms with Crippen LogP contribution < -0.4 is 4.74 Å². The summed E-state index contributed by atoms with van der Waals surface area (Å²) in [4.78, 5) is 14.2. The van der Waals surface area contributed by atoms with Crippen LogP contribution in [0.2, 0.25) is 0 Å². The second-order valence-corrected chi connectivity index (χ2v) is 7.45. The summed E-state index contributed by atoms with van der Waals surface area (Å²) < 4.78 is 28.1. The van der Waals surface area contributed by atoms with Crippen LogP contribution in [0, 0.1) is 0 Å². The predicted molar refractivity (Wildman–Crippen MR) is 117 cm³/mol. The fraction of sp³-hybridized carbons (Fsp3) is 0.435.